The van der Waals surface area contributed by atoms with Gasteiger partial charge >= 0.3 is 0 Å². The van der Waals surface area contributed by atoms with Crippen LogP contribution in [0.3, 0.4) is 0 Å². The van der Waals surface area contributed by atoms with E-state index >= 15 is 0 Å². The normalized spacial score (nSPS) is 22.0. The molecule has 2 rings (SSSR count). The van der Waals surface area contributed by atoms with Crippen LogP contribution < -0.4 is 15.8 Å². The molecule has 1 aliphatic rings. The number of hydrogen-bond acceptors (Lipinski definition) is 4. The number of amides is 1. The summed E-state index contributed by atoms with van der Waals surface area (Å²) >= 11 is 0. The minimum absolute atomic E-state index is 0.0887. The Morgan fingerprint density at radius 2 is 1.90 bits per heavy atom. The largest absolute Gasteiger partial charge is 0.484 e. The molecule has 0 heterocycles. The number of rotatable bonds is 7. The number of carbonyl (C=O) groups is 1. The molecule has 4 N–H and O–H groups in total. The number of ether oxygens (including phenoxy) is 1. The predicted molar refractivity (Wildman–Crippen MR) is 80.8 cm³/mol. The molecule has 0 saturated heterocycles. The molecule has 1 fully saturated rings. The van der Waals surface area contributed by atoms with E-state index in [2.05, 4.69) is 5.32 Å². The fourth-order valence-electron chi connectivity index (χ4n) is 2.63. The van der Waals surface area contributed by atoms with Gasteiger partial charge in [-0.3, -0.25) is 4.79 Å². The third-order valence-electron chi connectivity index (χ3n) is 3.88. The minimum atomic E-state index is -0.474. The van der Waals surface area contributed by atoms with E-state index in [4.69, 9.17) is 10.5 Å². The lowest BCUT2D eigenvalue weighted by molar-refractivity contribution is -0.119. The van der Waals surface area contributed by atoms with Crippen LogP contribution in [0.15, 0.2) is 24.3 Å². The number of nitrogens with two attached hydrogens (primary N) is 1. The van der Waals surface area contributed by atoms with Crippen molar-refractivity contribution in [2.45, 2.75) is 38.3 Å². The molecule has 0 aromatic heterocycles. The standard InChI is InChI=1S/C16H24N2O3/c17-16(20)11-21-15-7-3-13(4-8-15)10-18-9-12-1-5-14(19)6-2-12/h3-4,7-8,12,14,18-19H,1-2,5-6,9-11H2,(H2,17,20). The van der Waals surface area contributed by atoms with Crippen LogP contribution in [0.4, 0.5) is 0 Å². The van der Waals surface area contributed by atoms with Crippen molar-refractivity contribution < 1.29 is 14.6 Å². The van der Waals surface area contributed by atoms with Crippen LogP contribution in [-0.4, -0.2) is 30.3 Å². The van der Waals surface area contributed by atoms with Gasteiger partial charge in [0.1, 0.15) is 5.75 Å². The van der Waals surface area contributed by atoms with E-state index in [0.29, 0.717) is 11.7 Å². The van der Waals surface area contributed by atoms with Crippen molar-refractivity contribution in [3.63, 3.8) is 0 Å². The summed E-state index contributed by atoms with van der Waals surface area (Å²) in [5.74, 6) is 0.851. The van der Waals surface area contributed by atoms with Crippen molar-refractivity contribution in [3.8, 4) is 5.75 Å². The lowest BCUT2D eigenvalue weighted by Gasteiger charge is -2.25. The van der Waals surface area contributed by atoms with Gasteiger partial charge in [-0.2, -0.15) is 0 Å². The fourth-order valence-corrected chi connectivity index (χ4v) is 2.63. The first-order chi connectivity index (χ1) is 10.1. The monoisotopic (exact) mass is 292 g/mol. The molecule has 1 saturated carbocycles. The highest BCUT2D eigenvalue weighted by Gasteiger charge is 2.18. The summed E-state index contributed by atoms with van der Waals surface area (Å²) in [5, 5.41) is 12.9. The number of benzene rings is 1. The molecule has 1 aliphatic carbocycles. The summed E-state index contributed by atoms with van der Waals surface area (Å²) in [6.07, 6.45) is 3.98. The molecule has 1 aromatic rings. The van der Waals surface area contributed by atoms with Gasteiger partial charge in [-0.1, -0.05) is 12.1 Å². The summed E-state index contributed by atoms with van der Waals surface area (Å²) in [5.41, 5.74) is 6.20. The second kappa shape index (κ2) is 8.00. The van der Waals surface area contributed by atoms with Gasteiger partial charge in [0.25, 0.3) is 5.91 Å². The molecule has 116 valence electrons. The van der Waals surface area contributed by atoms with Crippen molar-refractivity contribution in [1.82, 2.24) is 5.32 Å². The molecule has 1 amide bonds. The van der Waals surface area contributed by atoms with E-state index in [-0.39, 0.29) is 12.7 Å². The fraction of sp³-hybridized carbons (Fsp3) is 0.562. The third kappa shape index (κ3) is 5.73. The summed E-state index contributed by atoms with van der Waals surface area (Å²) in [7, 11) is 0. The summed E-state index contributed by atoms with van der Waals surface area (Å²) < 4.78 is 5.21. The second-order valence-electron chi connectivity index (χ2n) is 5.70. The van der Waals surface area contributed by atoms with Crippen LogP contribution in [0.1, 0.15) is 31.2 Å². The third-order valence-corrected chi connectivity index (χ3v) is 3.88. The maximum absolute atomic E-state index is 10.6. The number of carbonyl (C=O) groups excluding carboxylic acids is 1. The van der Waals surface area contributed by atoms with Gasteiger partial charge < -0.3 is 20.9 Å². The van der Waals surface area contributed by atoms with Gasteiger partial charge in [0.15, 0.2) is 6.61 Å². The van der Waals surface area contributed by atoms with Gasteiger partial charge in [0, 0.05) is 6.54 Å². The Bertz CT molecular complexity index is 439. The first kappa shape index (κ1) is 15.8. The lowest BCUT2D eigenvalue weighted by atomic mass is 9.87. The highest BCUT2D eigenvalue weighted by molar-refractivity contribution is 5.75. The Balaban J connectivity index is 1.67. The molecule has 0 bridgehead atoms. The Morgan fingerprint density at radius 1 is 1.24 bits per heavy atom. The van der Waals surface area contributed by atoms with Crippen molar-refractivity contribution in [3.05, 3.63) is 29.8 Å². The highest BCUT2D eigenvalue weighted by atomic mass is 16.5. The van der Waals surface area contributed by atoms with Crippen LogP contribution in [-0.2, 0) is 11.3 Å². The minimum Gasteiger partial charge on any atom is -0.484 e. The van der Waals surface area contributed by atoms with Crippen LogP contribution in [0.5, 0.6) is 5.75 Å². The van der Waals surface area contributed by atoms with Crippen molar-refractivity contribution in [2.24, 2.45) is 11.7 Å². The summed E-state index contributed by atoms with van der Waals surface area (Å²) in [6, 6.07) is 7.65. The van der Waals surface area contributed by atoms with Gasteiger partial charge in [-0.25, -0.2) is 0 Å². The molecular formula is C16H24N2O3. The second-order valence-corrected chi connectivity index (χ2v) is 5.70. The molecule has 5 nitrogen and oxygen atoms in total. The van der Waals surface area contributed by atoms with Gasteiger partial charge in [-0.05, 0) is 55.8 Å². The topological polar surface area (TPSA) is 84.6 Å². The zero-order chi connectivity index (χ0) is 15.1. The molecule has 0 radical (unpaired) electrons. The number of aliphatic hydroxyl groups excluding tert-OH is 1. The molecule has 1 aromatic carbocycles. The van der Waals surface area contributed by atoms with Gasteiger partial charge in [-0.15, -0.1) is 0 Å². The van der Waals surface area contributed by atoms with E-state index in [0.717, 1.165) is 38.8 Å². The molecule has 0 unspecified atom stereocenters. The zero-order valence-electron chi connectivity index (χ0n) is 12.3. The SMILES string of the molecule is NC(=O)COc1ccc(CNCC2CCC(O)CC2)cc1. The Hall–Kier alpha value is -1.59. The molecule has 5 heteroatoms. The zero-order valence-corrected chi connectivity index (χ0v) is 12.3. The van der Waals surface area contributed by atoms with E-state index in [9.17, 15) is 9.90 Å². The smallest absolute Gasteiger partial charge is 0.255 e. The average Bonchev–Trinajstić information content (AvgIpc) is 2.48. The molecule has 21 heavy (non-hydrogen) atoms. The average molecular weight is 292 g/mol. The van der Waals surface area contributed by atoms with Gasteiger partial charge in [0.2, 0.25) is 0 Å². The predicted octanol–water partition coefficient (Wildman–Crippen LogP) is 1.19. The van der Waals surface area contributed by atoms with E-state index < -0.39 is 5.91 Å². The lowest BCUT2D eigenvalue weighted by Crippen LogP contribution is -2.27. The molecular weight excluding hydrogens is 268 g/mol. The molecule has 0 atom stereocenters. The van der Waals surface area contributed by atoms with Crippen molar-refractivity contribution >= 4 is 5.91 Å². The van der Waals surface area contributed by atoms with E-state index in [1.54, 1.807) is 0 Å². The van der Waals surface area contributed by atoms with Gasteiger partial charge in [0.05, 0.1) is 6.10 Å². The Morgan fingerprint density at radius 3 is 2.52 bits per heavy atom. The summed E-state index contributed by atoms with van der Waals surface area (Å²) in [6.45, 7) is 1.72. The number of nitrogens with one attached hydrogen (secondary N) is 1. The van der Waals surface area contributed by atoms with E-state index in [1.807, 2.05) is 24.3 Å². The maximum Gasteiger partial charge on any atom is 0.255 e. The maximum atomic E-state index is 10.6. The van der Waals surface area contributed by atoms with Crippen LogP contribution in [0.2, 0.25) is 0 Å². The van der Waals surface area contributed by atoms with Crippen LogP contribution in [0, 0.1) is 5.92 Å². The number of primary amides is 1. The van der Waals surface area contributed by atoms with Crippen LogP contribution in [0.25, 0.3) is 0 Å². The number of aliphatic hydroxyl groups is 1. The first-order valence-corrected chi connectivity index (χ1v) is 7.52. The van der Waals surface area contributed by atoms with Crippen molar-refractivity contribution in [2.75, 3.05) is 13.2 Å². The van der Waals surface area contributed by atoms with Crippen molar-refractivity contribution in [1.29, 1.82) is 0 Å². The van der Waals surface area contributed by atoms with E-state index in [1.165, 1.54) is 5.56 Å². The molecule has 0 spiro atoms. The Kier molecular flexibility index (Phi) is 6.02. The van der Waals surface area contributed by atoms with Crippen LogP contribution >= 0.6 is 0 Å². The highest BCUT2D eigenvalue weighted by Crippen LogP contribution is 2.23. The molecule has 0 aliphatic heterocycles. The first-order valence-electron chi connectivity index (χ1n) is 7.52. The number of hydrogen-bond donors (Lipinski definition) is 3. The quantitative estimate of drug-likeness (QED) is 0.705. The Labute approximate surface area is 125 Å². The summed E-state index contributed by atoms with van der Waals surface area (Å²) in [4.78, 5) is 10.6.